The van der Waals surface area contributed by atoms with Gasteiger partial charge < -0.3 is 0 Å². The molecule has 1 rings (SSSR count). The molecule has 150 valence electrons. The van der Waals surface area contributed by atoms with E-state index >= 15 is 0 Å². The molecule has 0 heterocycles. The first-order chi connectivity index (χ1) is 12.9. The third-order valence-electron chi connectivity index (χ3n) is 5.44. The van der Waals surface area contributed by atoms with Crippen molar-refractivity contribution >= 4 is 22.6 Å². The van der Waals surface area contributed by atoms with Crippen LogP contribution in [0.5, 0.6) is 0 Å². The summed E-state index contributed by atoms with van der Waals surface area (Å²) in [5.74, 6) is 0. The Balaban J connectivity index is 1.68. The van der Waals surface area contributed by atoms with Crippen LogP contribution >= 0.6 is 22.6 Å². The lowest BCUT2D eigenvalue weighted by molar-refractivity contribution is 0.527. The summed E-state index contributed by atoms with van der Waals surface area (Å²) in [5, 5.41) is 0. The normalized spacial score (nSPS) is 11.1. The molecule has 0 unspecified atom stereocenters. The number of benzene rings is 1. The second-order valence-electron chi connectivity index (χ2n) is 7.93. The highest BCUT2D eigenvalue weighted by Crippen LogP contribution is 2.14. The van der Waals surface area contributed by atoms with E-state index in [0.29, 0.717) is 0 Å². The molecule has 0 saturated carbocycles. The molecule has 1 aromatic carbocycles. The predicted octanol–water partition coefficient (Wildman–Crippen LogP) is 9.30. The van der Waals surface area contributed by atoms with Crippen LogP contribution in [0, 0.1) is 0 Å². The van der Waals surface area contributed by atoms with Gasteiger partial charge in [-0.2, -0.15) is 0 Å². The quantitative estimate of drug-likeness (QED) is 0.107. The fraction of sp³-hybridized carbons (Fsp3) is 0.760. The summed E-state index contributed by atoms with van der Waals surface area (Å²) < 4.78 is 1.34. The van der Waals surface area contributed by atoms with Crippen molar-refractivity contribution in [3.8, 4) is 0 Å². The third-order valence-corrected chi connectivity index (χ3v) is 6.20. The van der Waals surface area contributed by atoms with Crippen LogP contribution in [0.25, 0.3) is 0 Å². The summed E-state index contributed by atoms with van der Waals surface area (Å²) >= 11 is 2.49. The van der Waals surface area contributed by atoms with Gasteiger partial charge in [-0.3, -0.25) is 0 Å². The highest BCUT2D eigenvalue weighted by atomic mass is 127. The van der Waals surface area contributed by atoms with E-state index in [4.69, 9.17) is 0 Å². The number of aryl methyl sites for hydroxylation is 1. The first-order valence-electron chi connectivity index (χ1n) is 11.5. The molecule has 1 aromatic rings. The maximum absolute atomic E-state index is 2.49. The van der Waals surface area contributed by atoms with Gasteiger partial charge in [-0.1, -0.05) is 149 Å². The van der Waals surface area contributed by atoms with Crippen LogP contribution in [0.4, 0.5) is 0 Å². The van der Waals surface area contributed by atoms with E-state index in [2.05, 4.69) is 52.9 Å². The van der Waals surface area contributed by atoms with Gasteiger partial charge in [0.25, 0.3) is 0 Å². The second kappa shape index (κ2) is 19.7. The summed E-state index contributed by atoms with van der Waals surface area (Å²) in [6, 6.07) is 10.9. The van der Waals surface area contributed by atoms with Gasteiger partial charge in [-0.25, -0.2) is 0 Å². The van der Waals surface area contributed by atoms with Gasteiger partial charge in [-0.05, 0) is 29.3 Å². The van der Waals surface area contributed by atoms with E-state index in [-0.39, 0.29) is 0 Å². The molecule has 0 radical (unpaired) electrons. The van der Waals surface area contributed by atoms with E-state index in [1.807, 2.05) is 0 Å². The molecule has 0 nitrogen and oxygen atoms in total. The second-order valence-corrected chi connectivity index (χ2v) is 9.01. The van der Waals surface area contributed by atoms with E-state index in [0.717, 1.165) is 0 Å². The zero-order valence-corrected chi connectivity index (χ0v) is 19.4. The van der Waals surface area contributed by atoms with E-state index < -0.39 is 0 Å². The molecule has 0 aliphatic carbocycles. The Morgan fingerprint density at radius 1 is 0.423 bits per heavy atom. The number of halogens is 1. The lowest BCUT2D eigenvalue weighted by atomic mass is 10.0. The topological polar surface area (TPSA) is 0 Å². The van der Waals surface area contributed by atoms with Crippen LogP contribution in [-0.2, 0) is 6.42 Å². The highest BCUT2D eigenvalue weighted by Gasteiger charge is 1.96. The molecule has 0 saturated heterocycles. The summed E-state index contributed by atoms with van der Waals surface area (Å²) in [4.78, 5) is 0. The highest BCUT2D eigenvalue weighted by molar-refractivity contribution is 14.1. The van der Waals surface area contributed by atoms with Crippen molar-refractivity contribution in [2.24, 2.45) is 0 Å². The third kappa shape index (κ3) is 16.1. The molecule has 0 spiro atoms. The first-order valence-corrected chi connectivity index (χ1v) is 13.1. The minimum absolute atomic E-state index is 1.26. The Labute approximate surface area is 178 Å². The Hall–Kier alpha value is -0.0500. The maximum Gasteiger partial charge on any atom is -0.000473 e. The minimum Gasteiger partial charge on any atom is -0.0864 e. The van der Waals surface area contributed by atoms with Crippen LogP contribution < -0.4 is 0 Å². The number of hydrogen-bond donors (Lipinski definition) is 0. The van der Waals surface area contributed by atoms with Crippen LogP contribution in [0.15, 0.2) is 30.3 Å². The largest absolute Gasteiger partial charge is 0.0864 e. The molecular weight excluding hydrogens is 427 g/mol. The Morgan fingerprint density at radius 2 is 0.769 bits per heavy atom. The Bertz CT molecular complexity index is 373. The SMILES string of the molecule is ICCCCCCCCCCCCCCCCCCCc1ccccc1. The van der Waals surface area contributed by atoms with Crippen molar-refractivity contribution in [3.05, 3.63) is 35.9 Å². The van der Waals surface area contributed by atoms with Gasteiger partial charge in [0.05, 0.1) is 0 Å². The zero-order valence-electron chi connectivity index (χ0n) is 17.2. The molecule has 0 N–H and O–H groups in total. The standard InChI is InChI=1S/C25H43I/c26-24-20-15-13-11-9-7-5-3-1-2-4-6-8-10-12-14-17-21-25-22-18-16-19-23-25/h16,18-19,22-23H,1-15,17,20-21,24H2. The van der Waals surface area contributed by atoms with Gasteiger partial charge in [0, 0.05) is 0 Å². The first kappa shape index (κ1) is 24.0. The molecular formula is C25H43I. The van der Waals surface area contributed by atoms with Crippen LogP contribution in [0.3, 0.4) is 0 Å². The van der Waals surface area contributed by atoms with Crippen LogP contribution in [-0.4, -0.2) is 4.43 Å². The van der Waals surface area contributed by atoms with Gasteiger partial charge in [0.2, 0.25) is 0 Å². The Morgan fingerprint density at radius 3 is 1.15 bits per heavy atom. The van der Waals surface area contributed by atoms with E-state index in [1.54, 1.807) is 0 Å². The molecule has 0 aromatic heterocycles. The average molecular weight is 471 g/mol. The molecule has 0 bridgehead atoms. The van der Waals surface area contributed by atoms with Gasteiger partial charge >= 0.3 is 0 Å². The van der Waals surface area contributed by atoms with Gasteiger partial charge in [0.1, 0.15) is 0 Å². The maximum atomic E-state index is 2.49. The molecule has 0 amide bonds. The number of unbranched alkanes of at least 4 members (excludes halogenated alkanes) is 16. The zero-order chi connectivity index (χ0) is 18.5. The fourth-order valence-corrected chi connectivity index (χ4v) is 4.26. The molecule has 1 heteroatoms. The summed E-state index contributed by atoms with van der Waals surface area (Å²) in [5.41, 5.74) is 1.50. The number of hydrogen-bond acceptors (Lipinski definition) is 0. The lowest BCUT2D eigenvalue weighted by Crippen LogP contribution is -1.86. The van der Waals surface area contributed by atoms with Crippen molar-refractivity contribution in [2.45, 2.75) is 116 Å². The summed E-state index contributed by atoms with van der Waals surface area (Å²) in [6.07, 6.45) is 26.0. The van der Waals surface area contributed by atoms with Crippen molar-refractivity contribution in [1.82, 2.24) is 0 Å². The van der Waals surface area contributed by atoms with Crippen LogP contribution in [0.1, 0.15) is 115 Å². The average Bonchev–Trinajstić information content (AvgIpc) is 2.68. The Kier molecular flexibility index (Phi) is 18.2. The van der Waals surface area contributed by atoms with Gasteiger partial charge in [0.15, 0.2) is 0 Å². The van der Waals surface area contributed by atoms with Crippen molar-refractivity contribution in [3.63, 3.8) is 0 Å². The molecule has 0 fully saturated rings. The van der Waals surface area contributed by atoms with E-state index in [1.165, 1.54) is 126 Å². The summed E-state index contributed by atoms with van der Waals surface area (Å²) in [6.45, 7) is 0. The monoisotopic (exact) mass is 470 g/mol. The smallest absolute Gasteiger partial charge is 0.000473 e. The minimum atomic E-state index is 1.26. The number of alkyl halides is 1. The van der Waals surface area contributed by atoms with Crippen LogP contribution in [0.2, 0.25) is 0 Å². The predicted molar refractivity (Wildman–Crippen MR) is 128 cm³/mol. The number of rotatable bonds is 19. The van der Waals surface area contributed by atoms with E-state index in [9.17, 15) is 0 Å². The lowest BCUT2D eigenvalue weighted by Gasteiger charge is -2.04. The molecule has 26 heavy (non-hydrogen) atoms. The van der Waals surface area contributed by atoms with Crippen molar-refractivity contribution < 1.29 is 0 Å². The van der Waals surface area contributed by atoms with Crippen molar-refractivity contribution in [1.29, 1.82) is 0 Å². The molecule has 0 aliphatic heterocycles. The summed E-state index contributed by atoms with van der Waals surface area (Å²) in [7, 11) is 0. The van der Waals surface area contributed by atoms with Gasteiger partial charge in [-0.15, -0.1) is 0 Å². The van der Waals surface area contributed by atoms with Crippen molar-refractivity contribution in [2.75, 3.05) is 4.43 Å². The molecule has 0 atom stereocenters. The fourth-order valence-electron chi connectivity index (χ4n) is 3.72. The molecule has 0 aliphatic rings.